The van der Waals surface area contributed by atoms with Crippen molar-refractivity contribution >= 4 is 43.5 Å². The van der Waals surface area contributed by atoms with Gasteiger partial charge in [-0.2, -0.15) is 4.99 Å². The average molecular weight is 506 g/mol. The van der Waals surface area contributed by atoms with E-state index in [-0.39, 0.29) is 17.9 Å². The van der Waals surface area contributed by atoms with Crippen molar-refractivity contribution in [2.45, 2.75) is 44.0 Å². The second kappa shape index (κ2) is 11.4. The van der Waals surface area contributed by atoms with Crippen molar-refractivity contribution in [2.75, 3.05) is 13.7 Å². The summed E-state index contributed by atoms with van der Waals surface area (Å²) in [4.78, 5) is 29.2. The number of hydrogen-bond acceptors (Lipinski definition) is 7. The summed E-state index contributed by atoms with van der Waals surface area (Å²) in [7, 11) is -2.60. The molecule has 0 unspecified atom stereocenters. The zero-order chi connectivity index (χ0) is 24.7. The Balaban J connectivity index is 1.98. The van der Waals surface area contributed by atoms with E-state index in [9.17, 15) is 18.0 Å². The molecule has 34 heavy (non-hydrogen) atoms. The van der Waals surface area contributed by atoms with Gasteiger partial charge in [-0.15, -0.1) is 0 Å². The fourth-order valence-electron chi connectivity index (χ4n) is 3.25. The summed E-state index contributed by atoms with van der Waals surface area (Å²) in [5.41, 5.74) is 0.982. The Morgan fingerprint density at radius 3 is 2.65 bits per heavy atom. The van der Waals surface area contributed by atoms with Crippen molar-refractivity contribution in [3.05, 3.63) is 52.8 Å². The van der Waals surface area contributed by atoms with Crippen molar-refractivity contribution in [1.29, 1.82) is 0 Å². The first-order valence-electron chi connectivity index (χ1n) is 10.8. The van der Waals surface area contributed by atoms with Gasteiger partial charge in [-0.1, -0.05) is 37.2 Å². The standard InChI is InChI=1S/C23H27N3O6S2/c1-3-4-5-13-32-17-8-6-7-16(14-17)22(28)25-23-26(12-11-21(27)31-2)19-10-9-18(34(24,29)30)15-20(19)33-23/h6-10,14-15H,3-5,11-13H2,1-2H3,(H2,24,29,30). The molecule has 0 aliphatic carbocycles. The van der Waals surface area contributed by atoms with Crippen LogP contribution in [0.4, 0.5) is 0 Å². The van der Waals surface area contributed by atoms with E-state index in [2.05, 4.69) is 11.9 Å². The topological polar surface area (TPSA) is 130 Å². The Labute approximate surface area is 201 Å². The number of thiazole rings is 1. The lowest BCUT2D eigenvalue weighted by Gasteiger charge is -2.07. The fourth-order valence-corrected chi connectivity index (χ4v) is 4.96. The molecule has 0 aliphatic rings. The molecule has 0 atom stereocenters. The first-order chi connectivity index (χ1) is 16.2. The van der Waals surface area contributed by atoms with Crippen LogP contribution in [-0.2, 0) is 26.1 Å². The minimum Gasteiger partial charge on any atom is -0.494 e. The number of fused-ring (bicyclic) bond motifs is 1. The highest BCUT2D eigenvalue weighted by molar-refractivity contribution is 7.89. The molecule has 1 aromatic heterocycles. The van der Waals surface area contributed by atoms with Crippen LogP contribution in [0.25, 0.3) is 10.2 Å². The molecule has 1 amide bonds. The number of aryl methyl sites for hydroxylation is 1. The van der Waals surface area contributed by atoms with E-state index in [1.807, 2.05) is 0 Å². The zero-order valence-electron chi connectivity index (χ0n) is 19.0. The molecule has 0 bridgehead atoms. The molecule has 182 valence electrons. The van der Waals surface area contributed by atoms with E-state index in [0.29, 0.717) is 32.9 Å². The molecule has 0 saturated heterocycles. The number of sulfonamides is 1. The van der Waals surface area contributed by atoms with Gasteiger partial charge in [0, 0.05) is 12.1 Å². The Morgan fingerprint density at radius 1 is 1.15 bits per heavy atom. The van der Waals surface area contributed by atoms with Crippen molar-refractivity contribution in [2.24, 2.45) is 10.1 Å². The maximum absolute atomic E-state index is 13.0. The smallest absolute Gasteiger partial charge is 0.307 e. The van der Waals surface area contributed by atoms with Gasteiger partial charge in [0.2, 0.25) is 10.0 Å². The molecule has 1 heterocycles. The predicted octanol–water partition coefficient (Wildman–Crippen LogP) is 3.22. The van der Waals surface area contributed by atoms with Crippen LogP contribution in [0.3, 0.4) is 0 Å². The van der Waals surface area contributed by atoms with E-state index in [1.54, 1.807) is 34.9 Å². The summed E-state index contributed by atoms with van der Waals surface area (Å²) >= 11 is 1.13. The Kier molecular flexibility index (Phi) is 8.59. The third kappa shape index (κ3) is 6.52. The summed E-state index contributed by atoms with van der Waals surface area (Å²) in [6.07, 6.45) is 3.15. The van der Waals surface area contributed by atoms with Gasteiger partial charge in [0.15, 0.2) is 4.80 Å². The number of rotatable bonds is 10. The number of carbonyl (C=O) groups is 2. The van der Waals surface area contributed by atoms with Gasteiger partial charge >= 0.3 is 5.97 Å². The molecule has 0 saturated carbocycles. The van der Waals surface area contributed by atoms with Gasteiger partial charge < -0.3 is 14.0 Å². The van der Waals surface area contributed by atoms with Gasteiger partial charge in [-0.3, -0.25) is 9.59 Å². The molecule has 0 spiro atoms. The number of benzene rings is 2. The number of amides is 1. The van der Waals surface area contributed by atoms with Crippen LogP contribution in [0.15, 0.2) is 52.4 Å². The second-order valence-corrected chi connectivity index (χ2v) is 10.1. The van der Waals surface area contributed by atoms with E-state index in [1.165, 1.54) is 19.2 Å². The maximum Gasteiger partial charge on any atom is 0.307 e. The predicted molar refractivity (Wildman–Crippen MR) is 129 cm³/mol. The summed E-state index contributed by atoms with van der Waals surface area (Å²) in [6, 6.07) is 11.2. The SMILES string of the molecule is CCCCCOc1cccc(C(=O)N=c2sc3cc(S(N)(=O)=O)ccc3n2CCC(=O)OC)c1. The van der Waals surface area contributed by atoms with E-state index < -0.39 is 21.9 Å². The Morgan fingerprint density at radius 2 is 1.94 bits per heavy atom. The van der Waals surface area contributed by atoms with E-state index >= 15 is 0 Å². The fraction of sp³-hybridized carbons (Fsp3) is 0.348. The molecule has 0 fully saturated rings. The molecule has 2 N–H and O–H groups in total. The third-order valence-corrected chi connectivity index (χ3v) is 7.00. The van der Waals surface area contributed by atoms with Crippen molar-refractivity contribution in [3.8, 4) is 5.75 Å². The van der Waals surface area contributed by atoms with E-state index in [0.717, 1.165) is 30.6 Å². The van der Waals surface area contributed by atoms with Crippen molar-refractivity contribution < 1.29 is 27.5 Å². The number of aromatic nitrogens is 1. The summed E-state index contributed by atoms with van der Waals surface area (Å²) in [5.74, 6) is -0.313. The lowest BCUT2D eigenvalue weighted by atomic mass is 10.2. The molecular formula is C23H27N3O6S2. The first kappa shape index (κ1) is 25.6. The molecule has 9 nitrogen and oxygen atoms in total. The molecule has 2 aromatic carbocycles. The number of hydrogen-bond donors (Lipinski definition) is 1. The van der Waals surface area contributed by atoms with Crippen molar-refractivity contribution in [1.82, 2.24) is 4.57 Å². The molecule has 0 aliphatic heterocycles. The molecule has 11 heteroatoms. The van der Waals surface area contributed by atoms with Crippen LogP contribution in [0, 0.1) is 0 Å². The van der Waals surface area contributed by atoms with Crippen molar-refractivity contribution in [3.63, 3.8) is 0 Å². The molecular weight excluding hydrogens is 478 g/mol. The normalized spacial score (nSPS) is 12.1. The molecule has 0 radical (unpaired) electrons. The number of methoxy groups -OCH3 is 1. The van der Waals surface area contributed by atoms with Crippen LogP contribution in [-0.4, -0.2) is 38.6 Å². The monoisotopic (exact) mass is 505 g/mol. The molecule has 3 rings (SSSR count). The summed E-state index contributed by atoms with van der Waals surface area (Å²) in [6.45, 7) is 2.88. The quantitative estimate of drug-likeness (QED) is 0.333. The van der Waals surface area contributed by atoms with Crippen LogP contribution in [0.1, 0.15) is 43.0 Å². The lowest BCUT2D eigenvalue weighted by Crippen LogP contribution is -2.19. The van der Waals surface area contributed by atoms with Gasteiger partial charge in [-0.05, 0) is 42.8 Å². The van der Waals surface area contributed by atoms with Gasteiger partial charge in [0.05, 0.1) is 35.2 Å². The summed E-state index contributed by atoms with van der Waals surface area (Å²) < 4.78 is 36.2. The number of esters is 1. The largest absolute Gasteiger partial charge is 0.494 e. The minimum absolute atomic E-state index is 0.0489. The second-order valence-electron chi connectivity index (χ2n) is 7.54. The highest BCUT2D eigenvalue weighted by atomic mass is 32.2. The number of nitrogens with zero attached hydrogens (tertiary/aromatic N) is 2. The molecule has 3 aromatic rings. The third-order valence-electron chi connectivity index (χ3n) is 5.04. The number of ether oxygens (including phenoxy) is 2. The Bertz CT molecular complexity index is 1360. The highest BCUT2D eigenvalue weighted by Gasteiger charge is 2.15. The summed E-state index contributed by atoms with van der Waals surface area (Å²) in [5, 5.41) is 5.25. The average Bonchev–Trinajstić information content (AvgIpc) is 3.16. The van der Waals surface area contributed by atoms with E-state index in [4.69, 9.17) is 14.6 Å². The first-order valence-corrected chi connectivity index (χ1v) is 13.1. The number of carbonyl (C=O) groups excluding carboxylic acids is 2. The van der Waals surface area contributed by atoms with Crippen LogP contribution >= 0.6 is 11.3 Å². The van der Waals surface area contributed by atoms with Crippen LogP contribution < -0.4 is 14.7 Å². The zero-order valence-corrected chi connectivity index (χ0v) is 20.7. The van der Waals surface area contributed by atoms with Crippen LogP contribution in [0.5, 0.6) is 5.75 Å². The number of unbranched alkanes of at least 4 members (excludes halogenated alkanes) is 2. The number of nitrogens with two attached hydrogens (primary N) is 1. The van der Waals surface area contributed by atoms with Gasteiger partial charge in [0.25, 0.3) is 5.91 Å². The lowest BCUT2D eigenvalue weighted by molar-refractivity contribution is -0.140. The van der Waals surface area contributed by atoms with Gasteiger partial charge in [0.1, 0.15) is 5.75 Å². The highest BCUT2D eigenvalue weighted by Crippen LogP contribution is 2.22. The Hall–Kier alpha value is -3.02. The minimum atomic E-state index is -3.90. The maximum atomic E-state index is 13.0. The van der Waals surface area contributed by atoms with Crippen LogP contribution in [0.2, 0.25) is 0 Å². The number of primary sulfonamides is 1. The van der Waals surface area contributed by atoms with Gasteiger partial charge in [-0.25, -0.2) is 13.6 Å².